The number of aryl methyl sites for hydroxylation is 1. The standard InChI is InChI=1S/C19H19ClN2O3/c1-25-12-18(23)22-10-2-3-13-6-9-16(11-17(13)22)21-19(24)14-4-7-15(20)8-5-14/h4-9,11H,2-3,10,12H2,1H3,(H,21,24). The second-order valence-corrected chi connectivity index (χ2v) is 6.32. The van der Waals surface area contributed by atoms with E-state index in [-0.39, 0.29) is 18.4 Å². The zero-order chi connectivity index (χ0) is 17.8. The van der Waals surface area contributed by atoms with Crippen LogP contribution in [0.5, 0.6) is 0 Å². The fourth-order valence-electron chi connectivity index (χ4n) is 2.92. The molecule has 25 heavy (non-hydrogen) atoms. The van der Waals surface area contributed by atoms with Gasteiger partial charge in [0.15, 0.2) is 0 Å². The van der Waals surface area contributed by atoms with Crippen LogP contribution in [-0.4, -0.2) is 32.1 Å². The van der Waals surface area contributed by atoms with Crippen LogP contribution >= 0.6 is 11.6 Å². The number of carbonyl (C=O) groups excluding carboxylic acids is 2. The largest absolute Gasteiger partial charge is 0.375 e. The van der Waals surface area contributed by atoms with Gasteiger partial charge in [-0.2, -0.15) is 0 Å². The van der Waals surface area contributed by atoms with Crippen molar-refractivity contribution in [3.63, 3.8) is 0 Å². The molecule has 2 aromatic carbocycles. The zero-order valence-electron chi connectivity index (χ0n) is 13.9. The third kappa shape index (κ3) is 4.00. The summed E-state index contributed by atoms with van der Waals surface area (Å²) in [5, 5.41) is 3.45. The fraction of sp³-hybridized carbons (Fsp3) is 0.263. The summed E-state index contributed by atoms with van der Waals surface area (Å²) >= 11 is 5.85. The van der Waals surface area contributed by atoms with Crippen molar-refractivity contribution in [1.29, 1.82) is 0 Å². The summed E-state index contributed by atoms with van der Waals surface area (Å²) in [6.45, 7) is 0.699. The number of amides is 2. The molecule has 1 aliphatic heterocycles. The number of benzene rings is 2. The van der Waals surface area contributed by atoms with Crippen molar-refractivity contribution in [1.82, 2.24) is 0 Å². The van der Waals surface area contributed by atoms with Crippen molar-refractivity contribution >= 4 is 34.8 Å². The molecular weight excluding hydrogens is 340 g/mol. The van der Waals surface area contributed by atoms with E-state index in [4.69, 9.17) is 16.3 Å². The molecule has 3 rings (SSSR count). The number of nitrogens with zero attached hydrogens (tertiary/aromatic N) is 1. The van der Waals surface area contributed by atoms with E-state index >= 15 is 0 Å². The molecule has 0 aromatic heterocycles. The third-order valence-electron chi connectivity index (χ3n) is 4.14. The van der Waals surface area contributed by atoms with Crippen molar-refractivity contribution in [2.45, 2.75) is 12.8 Å². The highest BCUT2D eigenvalue weighted by molar-refractivity contribution is 6.30. The molecule has 0 unspecified atom stereocenters. The number of carbonyl (C=O) groups is 2. The van der Waals surface area contributed by atoms with Crippen LogP contribution < -0.4 is 10.2 Å². The van der Waals surface area contributed by atoms with Crippen LogP contribution in [-0.2, 0) is 16.0 Å². The predicted molar refractivity (Wildman–Crippen MR) is 98.4 cm³/mol. The van der Waals surface area contributed by atoms with Gasteiger partial charge in [-0.1, -0.05) is 17.7 Å². The Balaban J connectivity index is 1.82. The summed E-state index contributed by atoms with van der Waals surface area (Å²) in [5.41, 5.74) is 3.10. The van der Waals surface area contributed by atoms with E-state index in [0.717, 1.165) is 24.1 Å². The number of nitrogens with one attached hydrogen (secondary N) is 1. The van der Waals surface area contributed by atoms with Gasteiger partial charge in [-0.05, 0) is 54.8 Å². The first-order valence-corrected chi connectivity index (χ1v) is 8.45. The number of anilines is 2. The number of methoxy groups -OCH3 is 1. The quantitative estimate of drug-likeness (QED) is 0.909. The molecule has 130 valence electrons. The average molecular weight is 359 g/mol. The van der Waals surface area contributed by atoms with Gasteiger partial charge in [-0.15, -0.1) is 0 Å². The molecule has 6 heteroatoms. The zero-order valence-corrected chi connectivity index (χ0v) is 14.7. The minimum Gasteiger partial charge on any atom is -0.375 e. The van der Waals surface area contributed by atoms with Gasteiger partial charge in [0.2, 0.25) is 0 Å². The second-order valence-electron chi connectivity index (χ2n) is 5.89. The molecule has 1 heterocycles. The van der Waals surface area contributed by atoms with Gasteiger partial charge in [0, 0.05) is 35.6 Å². The Kier molecular flexibility index (Phi) is 5.36. The van der Waals surface area contributed by atoms with E-state index < -0.39 is 0 Å². The molecule has 0 saturated carbocycles. The maximum absolute atomic E-state index is 12.4. The van der Waals surface area contributed by atoms with Gasteiger partial charge < -0.3 is 15.0 Å². The first kappa shape index (κ1) is 17.5. The molecule has 5 nitrogen and oxygen atoms in total. The van der Waals surface area contributed by atoms with Gasteiger partial charge >= 0.3 is 0 Å². The van der Waals surface area contributed by atoms with Gasteiger partial charge in [0.1, 0.15) is 6.61 Å². The molecule has 1 N–H and O–H groups in total. The highest BCUT2D eigenvalue weighted by Crippen LogP contribution is 2.30. The van der Waals surface area contributed by atoms with Crippen LogP contribution in [0, 0.1) is 0 Å². The van der Waals surface area contributed by atoms with E-state index in [2.05, 4.69) is 5.32 Å². The highest BCUT2D eigenvalue weighted by atomic mass is 35.5. The van der Waals surface area contributed by atoms with Crippen molar-refractivity contribution < 1.29 is 14.3 Å². The van der Waals surface area contributed by atoms with E-state index in [1.54, 1.807) is 29.2 Å². The lowest BCUT2D eigenvalue weighted by Crippen LogP contribution is -2.37. The molecule has 0 saturated heterocycles. The number of halogens is 1. The topological polar surface area (TPSA) is 58.6 Å². The Morgan fingerprint density at radius 2 is 1.96 bits per heavy atom. The molecule has 0 aliphatic carbocycles. The predicted octanol–water partition coefficient (Wildman–Crippen LogP) is 3.52. The molecule has 0 atom stereocenters. The minimum atomic E-state index is -0.220. The van der Waals surface area contributed by atoms with Gasteiger partial charge in [0.25, 0.3) is 11.8 Å². The lowest BCUT2D eigenvalue weighted by molar-refractivity contribution is -0.122. The molecule has 2 amide bonds. The molecule has 0 radical (unpaired) electrons. The van der Waals surface area contributed by atoms with Crippen molar-refractivity contribution in [3.05, 3.63) is 58.6 Å². The molecule has 0 bridgehead atoms. The van der Waals surface area contributed by atoms with Gasteiger partial charge in [-0.25, -0.2) is 0 Å². The van der Waals surface area contributed by atoms with Crippen molar-refractivity contribution in [3.8, 4) is 0 Å². The van der Waals surface area contributed by atoms with E-state index in [1.165, 1.54) is 7.11 Å². The van der Waals surface area contributed by atoms with Crippen LogP contribution in [0.1, 0.15) is 22.3 Å². The summed E-state index contributed by atoms with van der Waals surface area (Å²) in [6.07, 6.45) is 1.83. The van der Waals surface area contributed by atoms with Crippen molar-refractivity contribution in [2.24, 2.45) is 0 Å². The molecule has 1 aliphatic rings. The van der Waals surface area contributed by atoms with Gasteiger partial charge in [0.05, 0.1) is 0 Å². The Labute approximate surface area is 151 Å². The monoisotopic (exact) mass is 358 g/mol. The van der Waals surface area contributed by atoms with Crippen LogP contribution in [0.15, 0.2) is 42.5 Å². The summed E-state index contributed by atoms with van der Waals surface area (Å²) < 4.78 is 4.96. The lowest BCUT2D eigenvalue weighted by atomic mass is 10.0. The van der Waals surface area contributed by atoms with Gasteiger partial charge in [-0.3, -0.25) is 9.59 Å². The number of fused-ring (bicyclic) bond motifs is 1. The average Bonchev–Trinajstić information content (AvgIpc) is 2.62. The van der Waals surface area contributed by atoms with E-state index in [0.29, 0.717) is 22.8 Å². The number of hydrogen-bond donors (Lipinski definition) is 1. The molecular formula is C19H19ClN2O3. The van der Waals surface area contributed by atoms with Crippen molar-refractivity contribution in [2.75, 3.05) is 30.5 Å². The molecule has 0 spiro atoms. The van der Waals surface area contributed by atoms with E-state index in [1.807, 2.05) is 18.2 Å². The Hall–Kier alpha value is -2.37. The summed E-state index contributed by atoms with van der Waals surface area (Å²) in [6, 6.07) is 12.4. The summed E-state index contributed by atoms with van der Waals surface area (Å²) in [4.78, 5) is 26.3. The summed E-state index contributed by atoms with van der Waals surface area (Å²) in [5.74, 6) is -0.299. The number of ether oxygens (including phenoxy) is 1. The van der Waals surface area contributed by atoms with Crippen LogP contribution in [0.25, 0.3) is 0 Å². The van der Waals surface area contributed by atoms with Crippen LogP contribution in [0.4, 0.5) is 11.4 Å². The Morgan fingerprint density at radius 3 is 2.68 bits per heavy atom. The normalized spacial score (nSPS) is 13.3. The first-order valence-electron chi connectivity index (χ1n) is 8.07. The third-order valence-corrected chi connectivity index (χ3v) is 4.39. The maximum atomic E-state index is 12.4. The fourth-order valence-corrected chi connectivity index (χ4v) is 3.04. The minimum absolute atomic E-state index is 0.0425. The first-order chi connectivity index (χ1) is 12.1. The molecule has 0 fully saturated rings. The maximum Gasteiger partial charge on any atom is 0.255 e. The Morgan fingerprint density at radius 1 is 1.20 bits per heavy atom. The summed E-state index contributed by atoms with van der Waals surface area (Å²) in [7, 11) is 1.51. The lowest BCUT2D eigenvalue weighted by Gasteiger charge is -2.29. The highest BCUT2D eigenvalue weighted by Gasteiger charge is 2.23. The Bertz CT molecular complexity index is 790. The SMILES string of the molecule is COCC(=O)N1CCCc2ccc(NC(=O)c3ccc(Cl)cc3)cc21. The second kappa shape index (κ2) is 7.68. The van der Waals surface area contributed by atoms with E-state index in [9.17, 15) is 9.59 Å². The van der Waals surface area contributed by atoms with Crippen LogP contribution in [0.3, 0.4) is 0 Å². The smallest absolute Gasteiger partial charge is 0.255 e. The van der Waals surface area contributed by atoms with Crippen LogP contribution in [0.2, 0.25) is 5.02 Å². The number of rotatable bonds is 4. The molecule has 2 aromatic rings. The number of hydrogen-bond acceptors (Lipinski definition) is 3.